The maximum absolute atomic E-state index is 13.6. The van der Waals surface area contributed by atoms with E-state index in [2.05, 4.69) is 6.58 Å². The van der Waals surface area contributed by atoms with Crippen molar-refractivity contribution < 1.29 is 43.5 Å². The van der Waals surface area contributed by atoms with Crippen molar-refractivity contribution in [1.82, 2.24) is 0 Å². The highest BCUT2D eigenvalue weighted by molar-refractivity contribution is 5.87. The van der Waals surface area contributed by atoms with Crippen LogP contribution in [-0.2, 0) is 33.3 Å². The molecule has 8 aliphatic carbocycles. The van der Waals surface area contributed by atoms with E-state index in [0.29, 0.717) is 43.1 Å². The number of carbonyl (C=O) groups is 3. The normalized spacial score (nSPS) is 50.7. The lowest BCUT2D eigenvalue weighted by Gasteiger charge is -2.67. The zero-order valence-electron chi connectivity index (χ0n) is 22.7. The van der Waals surface area contributed by atoms with Gasteiger partial charge in [0.2, 0.25) is 0 Å². The summed E-state index contributed by atoms with van der Waals surface area (Å²) in [4.78, 5) is 38.1. The molecule has 1 aliphatic heterocycles. The standard InChI is InChI=1S/C30H40O9/c1-17(2)23(31)39-28-8-18-3-19(9-28)7-27(6-18,15-28)25(34)36-12-21-13-37-30(38-14-21)22-4-20-5-26(11-22,24(32)33)16-29(30,35)10-20/h18-22,35H,1,3-16H2,2H3,(H,32,33). The molecule has 0 aromatic rings. The second kappa shape index (κ2) is 8.29. The molecule has 39 heavy (non-hydrogen) atoms. The Labute approximate surface area is 228 Å². The number of carboxylic acid groups (broad SMARTS) is 1. The summed E-state index contributed by atoms with van der Waals surface area (Å²) < 4.78 is 24.6. The van der Waals surface area contributed by atoms with E-state index in [0.717, 1.165) is 38.5 Å². The van der Waals surface area contributed by atoms with Crippen LogP contribution in [0.25, 0.3) is 0 Å². The fourth-order valence-electron chi connectivity index (χ4n) is 10.6. The Morgan fingerprint density at radius 3 is 2.15 bits per heavy atom. The molecular weight excluding hydrogens is 504 g/mol. The summed E-state index contributed by atoms with van der Waals surface area (Å²) in [5, 5.41) is 21.6. The molecule has 6 unspecified atom stereocenters. The third-order valence-corrected chi connectivity index (χ3v) is 11.4. The Hall–Kier alpha value is -1.97. The Morgan fingerprint density at radius 1 is 0.897 bits per heavy atom. The van der Waals surface area contributed by atoms with Gasteiger partial charge in [-0.25, -0.2) is 4.79 Å². The van der Waals surface area contributed by atoms with Crippen LogP contribution in [0.5, 0.6) is 0 Å². The molecule has 0 aromatic carbocycles. The van der Waals surface area contributed by atoms with Crippen molar-refractivity contribution in [3.8, 4) is 0 Å². The molecule has 2 N–H and O–H groups in total. The molecule has 6 atom stereocenters. The van der Waals surface area contributed by atoms with E-state index in [4.69, 9.17) is 18.9 Å². The van der Waals surface area contributed by atoms with Crippen molar-refractivity contribution in [3.05, 3.63) is 12.2 Å². The molecule has 9 aliphatic rings. The van der Waals surface area contributed by atoms with Gasteiger partial charge in [-0.1, -0.05) is 6.58 Å². The molecule has 214 valence electrons. The largest absolute Gasteiger partial charge is 0.481 e. The minimum absolute atomic E-state index is 0.157. The number of hydrogen-bond acceptors (Lipinski definition) is 8. The summed E-state index contributed by atoms with van der Waals surface area (Å²) in [6, 6.07) is 0. The van der Waals surface area contributed by atoms with Crippen molar-refractivity contribution in [1.29, 1.82) is 0 Å². The Bertz CT molecular complexity index is 1110. The predicted molar refractivity (Wildman–Crippen MR) is 135 cm³/mol. The fourth-order valence-corrected chi connectivity index (χ4v) is 10.6. The van der Waals surface area contributed by atoms with Gasteiger partial charge in [-0.2, -0.15) is 0 Å². The molecule has 8 bridgehead atoms. The van der Waals surface area contributed by atoms with Crippen LogP contribution in [0.1, 0.15) is 77.6 Å². The first-order valence-corrected chi connectivity index (χ1v) is 14.7. The second-order valence-electron chi connectivity index (χ2n) is 14.6. The maximum atomic E-state index is 13.6. The summed E-state index contributed by atoms with van der Waals surface area (Å²) >= 11 is 0. The number of carboxylic acids is 1. The van der Waals surface area contributed by atoms with Gasteiger partial charge in [0.15, 0.2) is 5.79 Å². The molecular formula is C30H40O9. The molecule has 9 heteroatoms. The Balaban J connectivity index is 0.998. The van der Waals surface area contributed by atoms with E-state index in [9.17, 15) is 24.6 Å². The van der Waals surface area contributed by atoms with Crippen LogP contribution in [0.15, 0.2) is 12.2 Å². The van der Waals surface area contributed by atoms with Gasteiger partial charge in [0.1, 0.15) is 11.2 Å². The number of aliphatic hydroxyl groups is 1. The highest BCUT2D eigenvalue weighted by Gasteiger charge is 2.73. The summed E-state index contributed by atoms with van der Waals surface area (Å²) in [7, 11) is 0. The molecule has 1 heterocycles. The summed E-state index contributed by atoms with van der Waals surface area (Å²) in [5.74, 6) is -2.06. The molecule has 0 amide bonds. The van der Waals surface area contributed by atoms with Crippen molar-refractivity contribution >= 4 is 17.9 Å². The van der Waals surface area contributed by atoms with Gasteiger partial charge in [0.25, 0.3) is 0 Å². The number of ether oxygens (including phenoxy) is 4. The minimum Gasteiger partial charge on any atom is -0.481 e. The van der Waals surface area contributed by atoms with Crippen LogP contribution >= 0.6 is 0 Å². The fraction of sp³-hybridized carbons (Fsp3) is 0.833. The average molecular weight is 545 g/mol. The maximum Gasteiger partial charge on any atom is 0.333 e. The molecule has 9 fully saturated rings. The van der Waals surface area contributed by atoms with Gasteiger partial charge in [0.05, 0.1) is 30.7 Å². The first kappa shape index (κ1) is 26.0. The lowest BCUT2D eigenvalue weighted by molar-refractivity contribution is -0.420. The summed E-state index contributed by atoms with van der Waals surface area (Å²) in [6.07, 6.45) is 7.28. The van der Waals surface area contributed by atoms with Crippen LogP contribution in [0.3, 0.4) is 0 Å². The van der Waals surface area contributed by atoms with Gasteiger partial charge in [0, 0.05) is 23.8 Å². The van der Waals surface area contributed by atoms with Gasteiger partial charge in [-0.3, -0.25) is 9.59 Å². The average Bonchev–Trinajstić information content (AvgIpc) is 2.84. The number of hydrogen-bond donors (Lipinski definition) is 2. The van der Waals surface area contributed by atoms with Crippen LogP contribution in [0.4, 0.5) is 0 Å². The highest BCUT2D eigenvalue weighted by Crippen LogP contribution is 2.67. The highest BCUT2D eigenvalue weighted by atomic mass is 16.7. The Morgan fingerprint density at radius 2 is 1.54 bits per heavy atom. The predicted octanol–water partition coefficient (Wildman–Crippen LogP) is 3.37. The van der Waals surface area contributed by atoms with E-state index in [1.54, 1.807) is 6.92 Å². The van der Waals surface area contributed by atoms with Gasteiger partial charge in [-0.15, -0.1) is 0 Å². The third-order valence-electron chi connectivity index (χ3n) is 11.4. The van der Waals surface area contributed by atoms with Gasteiger partial charge < -0.3 is 29.2 Å². The van der Waals surface area contributed by atoms with E-state index >= 15 is 0 Å². The molecule has 0 radical (unpaired) electrons. The number of carbonyl (C=O) groups excluding carboxylic acids is 2. The topological polar surface area (TPSA) is 129 Å². The lowest BCUT2D eigenvalue weighted by Crippen LogP contribution is -2.75. The number of esters is 2. The second-order valence-corrected chi connectivity index (χ2v) is 14.6. The first-order chi connectivity index (χ1) is 18.4. The molecule has 9 rings (SSSR count). The van der Waals surface area contributed by atoms with Crippen LogP contribution in [-0.4, -0.2) is 64.9 Å². The smallest absolute Gasteiger partial charge is 0.333 e. The molecule has 0 aromatic heterocycles. The lowest BCUT2D eigenvalue weighted by atomic mass is 9.45. The third kappa shape index (κ3) is 3.71. The van der Waals surface area contributed by atoms with Gasteiger partial charge in [-0.05, 0) is 88.9 Å². The molecule has 1 saturated heterocycles. The quantitative estimate of drug-likeness (QED) is 0.382. The van der Waals surface area contributed by atoms with Crippen LogP contribution < -0.4 is 0 Å². The summed E-state index contributed by atoms with van der Waals surface area (Å²) in [5.41, 5.74) is -3.06. The summed E-state index contributed by atoms with van der Waals surface area (Å²) in [6.45, 7) is 6.11. The van der Waals surface area contributed by atoms with Gasteiger partial charge >= 0.3 is 17.9 Å². The number of aliphatic carboxylic acids is 1. The zero-order valence-corrected chi connectivity index (χ0v) is 22.7. The minimum atomic E-state index is -1.31. The van der Waals surface area contributed by atoms with Crippen LogP contribution in [0, 0.1) is 40.4 Å². The molecule has 1 spiro atoms. The van der Waals surface area contributed by atoms with Crippen molar-refractivity contribution in [3.63, 3.8) is 0 Å². The first-order valence-electron chi connectivity index (χ1n) is 14.7. The molecule has 8 saturated carbocycles. The van der Waals surface area contributed by atoms with Crippen LogP contribution in [0.2, 0.25) is 0 Å². The molecule has 9 nitrogen and oxygen atoms in total. The SMILES string of the molecule is C=C(C)C(=O)OC12CC3CC(C1)CC(C(=O)OCC1COC4(OC1)C1CC5CC(C(=O)O)(C1)CC4(O)C5)(C3)C2. The van der Waals surface area contributed by atoms with E-state index in [1.807, 2.05) is 0 Å². The van der Waals surface area contributed by atoms with Crippen molar-refractivity contribution in [2.75, 3.05) is 19.8 Å². The number of rotatable bonds is 6. The van der Waals surface area contributed by atoms with Crippen molar-refractivity contribution in [2.45, 2.75) is 94.5 Å². The van der Waals surface area contributed by atoms with E-state index in [1.165, 1.54) is 0 Å². The van der Waals surface area contributed by atoms with E-state index < -0.39 is 33.8 Å². The van der Waals surface area contributed by atoms with Crippen molar-refractivity contribution in [2.24, 2.45) is 40.4 Å². The zero-order chi connectivity index (χ0) is 27.4. The van der Waals surface area contributed by atoms with E-state index in [-0.39, 0.29) is 55.9 Å². The Kier molecular flexibility index (Phi) is 5.52. The monoisotopic (exact) mass is 544 g/mol.